The maximum atomic E-state index is 13.1. The molecule has 7 heteroatoms. The molecule has 3 aromatic rings. The Labute approximate surface area is 186 Å². The minimum atomic E-state index is -0.294. The molecular formula is C24H26ClN3O3. The van der Waals surface area contributed by atoms with Crippen LogP contribution in [0.25, 0.3) is 10.9 Å². The van der Waals surface area contributed by atoms with E-state index in [1.165, 1.54) is 0 Å². The van der Waals surface area contributed by atoms with Gasteiger partial charge in [-0.25, -0.2) is 4.79 Å². The van der Waals surface area contributed by atoms with Gasteiger partial charge in [-0.15, -0.1) is 0 Å². The zero-order valence-corrected chi connectivity index (χ0v) is 18.5. The summed E-state index contributed by atoms with van der Waals surface area (Å²) >= 11 is 6.05. The van der Waals surface area contributed by atoms with Crippen molar-refractivity contribution in [3.8, 4) is 0 Å². The molecule has 2 aromatic carbocycles. The number of benzene rings is 2. The van der Waals surface area contributed by atoms with Crippen molar-refractivity contribution in [2.75, 3.05) is 18.5 Å². The van der Waals surface area contributed by atoms with E-state index in [1.54, 1.807) is 29.2 Å². The van der Waals surface area contributed by atoms with Crippen molar-refractivity contribution in [3.63, 3.8) is 0 Å². The zero-order chi connectivity index (χ0) is 22.0. The summed E-state index contributed by atoms with van der Waals surface area (Å²) in [5, 5.41) is 4.39. The average molecular weight is 440 g/mol. The molecule has 1 saturated heterocycles. The number of ether oxygens (including phenoxy) is 1. The van der Waals surface area contributed by atoms with Gasteiger partial charge in [-0.05, 0) is 68.0 Å². The molecule has 162 valence electrons. The van der Waals surface area contributed by atoms with Crippen LogP contribution in [0.15, 0.2) is 47.3 Å². The maximum absolute atomic E-state index is 13.1. The first-order valence-corrected chi connectivity index (χ1v) is 10.8. The smallest absolute Gasteiger partial charge is 0.322 e. The van der Waals surface area contributed by atoms with E-state index in [-0.39, 0.29) is 24.2 Å². The van der Waals surface area contributed by atoms with Crippen molar-refractivity contribution in [1.82, 2.24) is 9.88 Å². The van der Waals surface area contributed by atoms with Crippen LogP contribution in [0.5, 0.6) is 0 Å². The monoisotopic (exact) mass is 439 g/mol. The molecule has 0 bridgehead atoms. The molecule has 1 aliphatic heterocycles. The predicted molar refractivity (Wildman–Crippen MR) is 124 cm³/mol. The Kier molecular flexibility index (Phi) is 6.30. The molecule has 2 heterocycles. The van der Waals surface area contributed by atoms with E-state index in [0.29, 0.717) is 29.4 Å². The van der Waals surface area contributed by atoms with E-state index < -0.39 is 0 Å². The van der Waals surface area contributed by atoms with Crippen LogP contribution in [0.3, 0.4) is 0 Å². The van der Waals surface area contributed by atoms with Crippen molar-refractivity contribution in [2.24, 2.45) is 0 Å². The second-order valence-electron chi connectivity index (χ2n) is 8.13. The van der Waals surface area contributed by atoms with Crippen LogP contribution < -0.4 is 10.9 Å². The summed E-state index contributed by atoms with van der Waals surface area (Å²) in [6.07, 6.45) is 1.84. The van der Waals surface area contributed by atoms with Crippen LogP contribution in [0.2, 0.25) is 5.02 Å². The minimum Gasteiger partial charge on any atom is -0.376 e. The normalized spacial score (nSPS) is 15.9. The number of carbonyl (C=O) groups is 1. The largest absolute Gasteiger partial charge is 0.376 e. The van der Waals surface area contributed by atoms with Crippen LogP contribution in [0.1, 0.15) is 29.5 Å². The number of anilines is 1. The summed E-state index contributed by atoms with van der Waals surface area (Å²) in [5.41, 5.74) is 3.93. The number of H-pyrrole nitrogens is 1. The van der Waals surface area contributed by atoms with E-state index >= 15 is 0 Å². The Hall–Kier alpha value is -2.83. The van der Waals surface area contributed by atoms with Gasteiger partial charge >= 0.3 is 6.03 Å². The number of hydrogen-bond acceptors (Lipinski definition) is 3. The van der Waals surface area contributed by atoms with Gasteiger partial charge in [0.1, 0.15) is 0 Å². The molecule has 0 radical (unpaired) electrons. The van der Waals surface area contributed by atoms with Gasteiger partial charge in [0.2, 0.25) is 0 Å². The van der Waals surface area contributed by atoms with Gasteiger partial charge < -0.3 is 19.9 Å². The van der Waals surface area contributed by atoms with E-state index in [9.17, 15) is 9.59 Å². The molecule has 4 rings (SSSR count). The van der Waals surface area contributed by atoms with Crippen LogP contribution in [0.4, 0.5) is 10.5 Å². The fourth-order valence-electron chi connectivity index (χ4n) is 4.08. The molecule has 1 fully saturated rings. The number of pyridine rings is 1. The van der Waals surface area contributed by atoms with Gasteiger partial charge in [0.05, 0.1) is 18.2 Å². The first-order valence-electron chi connectivity index (χ1n) is 10.5. The number of nitrogens with zero attached hydrogens (tertiary/aromatic N) is 1. The van der Waals surface area contributed by atoms with Crippen molar-refractivity contribution in [3.05, 3.63) is 74.5 Å². The molecule has 0 spiro atoms. The third-order valence-electron chi connectivity index (χ3n) is 5.54. The molecule has 2 N–H and O–H groups in total. The lowest BCUT2D eigenvalue weighted by molar-refractivity contribution is 0.0818. The third-order valence-corrected chi connectivity index (χ3v) is 5.78. The molecule has 0 saturated carbocycles. The number of fused-ring (bicyclic) bond motifs is 1. The fraction of sp³-hybridized carbons (Fsp3) is 0.333. The van der Waals surface area contributed by atoms with Gasteiger partial charge in [-0.3, -0.25) is 4.79 Å². The maximum Gasteiger partial charge on any atom is 0.322 e. The topological polar surface area (TPSA) is 74.4 Å². The molecule has 0 unspecified atom stereocenters. The van der Waals surface area contributed by atoms with Gasteiger partial charge in [0, 0.05) is 29.4 Å². The van der Waals surface area contributed by atoms with Gasteiger partial charge in [0.25, 0.3) is 5.56 Å². The lowest BCUT2D eigenvalue weighted by Gasteiger charge is -2.26. The van der Waals surface area contributed by atoms with Crippen molar-refractivity contribution in [1.29, 1.82) is 0 Å². The minimum absolute atomic E-state index is 0.0332. The molecular weight excluding hydrogens is 414 g/mol. The number of aryl methyl sites for hydroxylation is 2. The van der Waals surface area contributed by atoms with Gasteiger partial charge in [0.15, 0.2) is 0 Å². The highest BCUT2D eigenvalue weighted by Crippen LogP contribution is 2.21. The number of nitrogens with one attached hydrogen (secondary N) is 2. The zero-order valence-electron chi connectivity index (χ0n) is 17.7. The SMILES string of the molecule is Cc1cc(C)c2[nH]c(=O)c(CN(C[C@H]3CCCO3)C(=O)Nc3cccc(Cl)c3)cc2c1. The first kappa shape index (κ1) is 21.4. The number of halogens is 1. The van der Waals surface area contributed by atoms with Crippen LogP contribution in [-0.2, 0) is 11.3 Å². The third kappa shape index (κ3) is 5.09. The average Bonchev–Trinajstić information content (AvgIpc) is 3.22. The number of aromatic nitrogens is 1. The van der Waals surface area contributed by atoms with Crippen molar-refractivity contribution < 1.29 is 9.53 Å². The Bertz CT molecular complexity index is 1170. The van der Waals surface area contributed by atoms with E-state index in [1.807, 2.05) is 32.0 Å². The first-order chi connectivity index (χ1) is 14.9. The van der Waals surface area contributed by atoms with E-state index in [2.05, 4.69) is 10.3 Å². The highest BCUT2D eigenvalue weighted by molar-refractivity contribution is 6.30. The molecule has 1 atom stereocenters. The molecule has 1 aromatic heterocycles. The summed E-state index contributed by atoms with van der Waals surface area (Å²) < 4.78 is 5.74. The van der Waals surface area contributed by atoms with E-state index in [4.69, 9.17) is 16.3 Å². The Balaban J connectivity index is 1.62. The van der Waals surface area contributed by atoms with Crippen LogP contribution >= 0.6 is 11.6 Å². The summed E-state index contributed by atoms with van der Waals surface area (Å²) in [4.78, 5) is 30.5. The Morgan fingerprint density at radius 2 is 2.10 bits per heavy atom. The van der Waals surface area contributed by atoms with Crippen LogP contribution in [-0.4, -0.2) is 35.2 Å². The molecule has 1 aliphatic rings. The highest BCUT2D eigenvalue weighted by atomic mass is 35.5. The van der Waals surface area contributed by atoms with Gasteiger partial charge in [-0.2, -0.15) is 0 Å². The summed E-state index contributed by atoms with van der Waals surface area (Å²) in [7, 11) is 0. The van der Waals surface area contributed by atoms with Crippen molar-refractivity contribution >= 4 is 34.2 Å². The second-order valence-corrected chi connectivity index (χ2v) is 8.56. The molecule has 0 aliphatic carbocycles. The summed E-state index contributed by atoms with van der Waals surface area (Å²) in [5.74, 6) is 0. The molecule has 31 heavy (non-hydrogen) atoms. The number of rotatable bonds is 5. The fourth-order valence-corrected chi connectivity index (χ4v) is 4.27. The van der Waals surface area contributed by atoms with E-state index in [0.717, 1.165) is 34.9 Å². The lowest BCUT2D eigenvalue weighted by Crippen LogP contribution is -2.40. The Morgan fingerprint density at radius 1 is 1.26 bits per heavy atom. The standard InChI is InChI=1S/C24H26ClN3O3/c1-15-9-16(2)22-17(10-15)11-18(23(29)27-22)13-28(14-21-7-4-8-31-21)24(30)26-20-6-3-5-19(25)12-20/h3,5-6,9-12,21H,4,7-8,13-14H2,1-2H3,(H,26,30)(H,27,29)/t21-/m1/s1. The second kappa shape index (κ2) is 9.12. The van der Waals surface area contributed by atoms with Crippen LogP contribution in [0, 0.1) is 13.8 Å². The molecule has 2 amide bonds. The number of aromatic amines is 1. The Morgan fingerprint density at radius 3 is 2.84 bits per heavy atom. The predicted octanol–water partition coefficient (Wildman–Crippen LogP) is 5.01. The number of hydrogen-bond donors (Lipinski definition) is 2. The van der Waals surface area contributed by atoms with Crippen molar-refractivity contribution in [2.45, 2.75) is 39.3 Å². The van der Waals surface area contributed by atoms with Gasteiger partial charge in [-0.1, -0.05) is 29.3 Å². The lowest BCUT2D eigenvalue weighted by atomic mass is 10.1. The highest BCUT2D eigenvalue weighted by Gasteiger charge is 2.24. The summed E-state index contributed by atoms with van der Waals surface area (Å²) in [6, 6.07) is 12.7. The number of urea groups is 1. The summed E-state index contributed by atoms with van der Waals surface area (Å²) in [6.45, 7) is 5.30. The molecule has 6 nitrogen and oxygen atoms in total. The number of amides is 2. The quantitative estimate of drug-likeness (QED) is 0.586. The number of carbonyl (C=O) groups excluding carboxylic acids is 1.